The maximum atomic E-state index is 12.4. The predicted molar refractivity (Wildman–Crippen MR) is 68.1 cm³/mol. The molecule has 0 fully saturated rings. The Morgan fingerprint density at radius 3 is 2.33 bits per heavy atom. The van der Waals surface area contributed by atoms with Crippen molar-refractivity contribution in [3.63, 3.8) is 0 Å². The smallest absolute Gasteiger partial charge is 0.239 e. The number of nitrogens with one attached hydrogen (secondary N) is 1. The van der Waals surface area contributed by atoms with Gasteiger partial charge in [0.1, 0.15) is 5.41 Å². The van der Waals surface area contributed by atoms with Gasteiger partial charge < -0.3 is 21.2 Å². The Morgan fingerprint density at radius 2 is 2.00 bits per heavy atom. The van der Waals surface area contributed by atoms with Crippen LogP contribution in [0.3, 0.4) is 0 Å². The molecule has 0 spiro atoms. The lowest BCUT2D eigenvalue weighted by Crippen LogP contribution is -2.51. The first kappa shape index (κ1) is 16.2. The van der Waals surface area contributed by atoms with E-state index in [2.05, 4.69) is 10.5 Å². The van der Waals surface area contributed by atoms with E-state index >= 15 is 0 Å². The molecule has 0 rings (SSSR count). The Kier molecular flexibility index (Phi) is 6.15. The van der Waals surface area contributed by atoms with E-state index < -0.39 is 5.41 Å². The monoisotopic (exact) mass is 258 g/mol. The molecule has 4 N–H and O–H groups in total. The Hall–Kier alpha value is -1.79. The van der Waals surface area contributed by atoms with Crippen molar-refractivity contribution >= 4 is 17.6 Å². The lowest BCUT2D eigenvalue weighted by molar-refractivity contribution is -0.141. The first-order valence-corrected chi connectivity index (χ1v) is 5.85. The molecule has 1 unspecified atom stereocenters. The molecule has 0 bridgehead atoms. The number of likely N-dealkylation sites (N-methyl/N-ethyl adjacent to an activating group) is 2. The molecule has 0 aromatic rings. The fourth-order valence-electron chi connectivity index (χ4n) is 1.48. The summed E-state index contributed by atoms with van der Waals surface area (Å²) in [5.41, 5.74) is 4.47. The molecule has 0 saturated heterocycles. The normalized spacial score (nSPS) is 14.8. The summed E-state index contributed by atoms with van der Waals surface area (Å²) in [7, 11) is 1.50. The average molecular weight is 258 g/mol. The van der Waals surface area contributed by atoms with Gasteiger partial charge in [-0.3, -0.25) is 9.59 Å². The highest BCUT2D eigenvalue weighted by Crippen LogP contribution is 2.24. The van der Waals surface area contributed by atoms with E-state index in [1.165, 1.54) is 11.9 Å². The maximum Gasteiger partial charge on any atom is 0.239 e. The second kappa shape index (κ2) is 6.83. The summed E-state index contributed by atoms with van der Waals surface area (Å²) in [4.78, 5) is 25.1. The van der Waals surface area contributed by atoms with Crippen LogP contribution >= 0.6 is 0 Å². The van der Waals surface area contributed by atoms with Gasteiger partial charge in [-0.25, -0.2) is 0 Å². The van der Waals surface area contributed by atoms with Gasteiger partial charge in [0, 0.05) is 13.6 Å². The summed E-state index contributed by atoms with van der Waals surface area (Å²) in [6.07, 6.45) is 0.381. The largest absolute Gasteiger partial charge is 0.409 e. The number of hydrogen-bond acceptors (Lipinski definition) is 4. The van der Waals surface area contributed by atoms with Crippen molar-refractivity contribution in [3.8, 4) is 0 Å². The molecule has 0 aliphatic carbocycles. The van der Waals surface area contributed by atoms with Crippen LogP contribution in [0.2, 0.25) is 0 Å². The highest BCUT2D eigenvalue weighted by atomic mass is 16.4. The molecule has 7 nitrogen and oxygen atoms in total. The van der Waals surface area contributed by atoms with Gasteiger partial charge in [0.2, 0.25) is 11.8 Å². The lowest BCUT2D eigenvalue weighted by atomic mass is 9.84. The third-order valence-corrected chi connectivity index (χ3v) is 3.13. The van der Waals surface area contributed by atoms with E-state index in [0.717, 1.165) is 0 Å². The standard InChI is InChI=1S/C11H22N4O3/c1-5-11(3,9(12)14-18)10(17)15(6-2)7-8(16)13-4/h18H,5-7H2,1-4H3,(H2,12,14)(H,13,16). The lowest BCUT2D eigenvalue weighted by Gasteiger charge is -2.31. The van der Waals surface area contributed by atoms with E-state index in [1.807, 2.05) is 0 Å². The van der Waals surface area contributed by atoms with Gasteiger partial charge in [-0.05, 0) is 20.3 Å². The van der Waals surface area contributed by atoms with Crippen LogP contribution < -0.4 is 11.1 Å². The fourth-order valence-corrected chi connectivity index (χ4v) is 1.48. The number of hydrogen-bond donors (Lipinski definition) is 3. The maximum absolute atomic E-state index is 12.4. The van der Waals surface area contributed by atoms with Gasteiger partial charge >= 0.3 is 0 Å². The zero-order valence-electron chi connectivity index (χ0n) is 11.4. The van der Waals surface area contributed by atoms with Crippen molar-refractivity contribution in [1.29, 1.82) is 0 Å². The first-order chi connectivity index (χ1) is 8.37. The molecule has 0 radical (unpaired) electrons. The highest BCUT2D eigenvalue weighted by Gasteiger charge is 2.39. The van der Waals surface area contributed by atoms with Crippen molar-refractivity contribution in [2.24, 2.45) is 16.3 Å². The summed E-state index contributed by atoms with van der Waals surface area (Å²) >= 11 is 0. The molecular formula is C11H22N4O3. The molecule has 0 saturated carbocycles. The minimum atomic E-state index is -1.10. The third kappa shape index (κ3) is 3.35. The zero-order valence-corrected chi connectivity index (χ0v) is 11.4. The highest BCUT2D eigenvalue weighted by molar-refractivity contribution is 6.06. The molecule has 2 amide bonds. The van der Waals surface area contributed by atoms with Crippen molar-refractivity contribution in [2.45, 2.75) is 27.2 Å². The van der Waals surface area contributed by atoms with E-state index in [9.17, 15) is 9.59 Å². The van der Waals surface area contributed by atoms with Crippen LogP contribution in [0.5, 0.6) is 0 Å². The third-order valence-electron chi connectivity index (χ3n) is 3.13. The number of nitrogens with zero attached hydrogens (tertiary/aromatic N) is 2. The van der Waals surface area contributed by atoms with Crippen LogP contribution in [-0.2, 0) is 9.59 Å². The van der Waals surface area contributed by atoms with Gasteiger partial charge in [-0.15, -0.1) is 0 Å². The van der Waals surface area contributed by atoms with E-state index in [4.69, 9.17) is 10.9 Å². The number of rotatable bonds is 6. The summed E-state index contributed by atoms with van der Waals surface area (Å²) in [5.74, 6) is -0.736. The van der Waals surface area contributed by atoms with E-state index in [-0.39, 0.29) is 24.2 Å². The molecule has 7 heteroatoms. The summed E-state index contributed by atoms with van der Waals surface area (Å²) in [6, 6.07) is 0. The number of oxime groups is 1. The Bertz CT molecular complexity index is 343. The second-order valence-corrected chi connectivity index (χ2v) is 4.16. The van der Waals surface area contributed by atoms with Crippen molar-refractivity contribution in [3.05, 3.63) is 0 Å². The van der Waals surface area contributed by atoms with Crippen LogP contribution in [0.15, 0.2) is 5.16 Å². The minimum Gasteiger partial charge on any atom is -0.409 e. The minimum absolute atomic E-state index is 0.0415. The van der Waals surface area contributed by atoms with E-state index in [1.54, 1.807) is 20.8 Å². The summed E-state index contributed by atoms with van der Waals surface area (Å²) < 4.78 is 0. The quantitative estimate of drug-likeness (QED) is 0.264. The van der Waals surface area contributed by atoms with Gasteiger partial charge in [-0.1, -0.05) is 12.1 Å². The molecular weight excluding hydrogens is 236 g/mol. The molecule has 0 heterocycles. The van der Waals surface area contributed by atoms with E-state index in [0.29, 0.717) is 13.0 Å². The molecule has 104 valence electrons. The summed E-state index contributed by atoms with van der Waals surface area (Å²) in [5, 5.41) is 14.1. The number of amides is 2. The van der Waals surface area contributed by atoms with Crippen LogP contribution in [0.1, 0.15) is 27.2 Å². The molecule has 0 aliphatic heterocycles. The Balaban J connectivity index is 5.12. The molecule has 0 aromatic carbocycles. The zero-order chi connectivity index (χ0) is 14.3. The summed E-state index contributed by atoms with van der Waals surface area (Å²) in [6.45, 7) is 5.46. The van der Waals surface area contributed by atoms with Gasteiger partial charge in [0.05, 0.1) is 6.54 Å². The Labute approximate surface area is 107 Å². The molecule has 18 heavy (non-hydrogen) atoms. The first-order valence-electron chi connectivity index (χ1n) is 5.85. The second-order valence-electron chi connectivity index (χ2n) is 4.16. The van der Waals surface area contributed by atoms with Crippen molar-refractivity contribution in [1.82, 2.24) is 10.2 Å². The van der Waals surface area contributed by atoms with Crippen LogP contribution in [0, 0.1) is 5.41 Å². The molecule has 1 atom stereocenters. The Morgan fingerprint density at radius 1 is 1.44 bits per heavy atom. The number of amidine groups is 1. The topological polar surface area (TPSA) is 108 Å². The van der Waals surface area contributed by atoms with Gasteiger partial charge in [0.15, 0.2) is 5.84 Å². The molecule has 0 aromatic heterocycles. The SMILES string of the molecule is CCN(CC(=O)NC)C(=O)C(C)(CC)C(N)=NO. The van der Waals surface area contributed by atoms with Crippen LogP contribution in [-0.4, -0.2) is 47.9 Å². The average Bonchev–Trinajstić information content (AvgIpc) is 2.41. The fraction of sp³-hybridized carbons (Fsp3) is 0.727. The number of nitrogens with two attached hydrogens (primary N) is 1. The van der Waals surface area contributed by atoms with Crippen LogP contribution in [0.25, 0.3) is 0 Å². The molecule has 0 aliphatic rings. The number of carbonyl (C=O) groups is 2. The number of carbonyl (C=O) groups excluding carboxylic acids is 2. The van der Waals surface area contributed by atoms with Gasteiger partial charge in [0.25, 0.3) is 0 Å². The van der Waals surface area contributed by atoms with Crippen LogP contribution in [0.4, 0.5) is 0 Å². The predicted octanol–water partition coefficient (Wildman–Crippen LogP) is -0.256. The van der Waals surface area contributed by atoms with Crippen molar-refractivity contribution in [2.75, 3.05) is 20.1 Å². The van der Waals surface area contributed by atoms with Gasteiger partial charge in [-0.2, -0.15) is 0 Å². The van der Waals surface area contributed by atoms with Crippen molar-refractivity contribution < 1.29 is 14.8 Å².